The van der Waals surface area contributed by atoms with E-state index in [0.717, 1.165) is 16.1 Å². The van der Waals surface area contributed by atoms with Gasteiger partial charge in [0.1, 0.15) is 5.56 Å². The van der Waals surface area contributed by atoms with Crippen LogP contribution in [0.3, 0.4) is 0 Å². The zero-order valence-electron chi connectivity index (χ0n) is 15.0. The summed E-state index contributed by atoms with van der Waals surface area (Å²) in [5, 5.41) is 4.15. The van der Waals surface area contributed by atoms with Gasteiger partial charge in [-0.2, -0.15) is 0 Å². The fourth-order valence-electron chi connectivity index (χ4n) is 2.73. The lowest BCUT2D eigenvalue weighted by Crippen LogP contribution is -2.30. The Morgan fingerprint density at radius 1 is 1.30 bits per heavy atom. The average Bonchev–Trinajstić information content (AvgIpc) is 3.04. The van der Waals surface area contributed by atoms with E-state index in [4.69, 9.17) is 23.2 Å². The van der Waals surface area contributed by atoms with Crippen LogP contribution in [-0.2, 0) is 13.5 Å². The first kappa shape index (κ1) is 19.6. The average molecular weight is 422 g/mol. The van der Waals surface area contributed by atoms with Gasteiger partial charge >= 0.3 is 0 Å². The summed E-state index contributed by atoms with van der Waals surface area (Å²) in [6.07, 6.45) is 2.23. The standard InChI is InChI=1S/C19H17Cl2N3O2S/c1-10-7-11(2)24(3)18(26)15(10)17(25)23-19-22-9-13(27-19)8-12-5-4-6-14(20)16(12)21/h4-7,9H,8H2,1-3H3,(H,22,23,25). The molecule has 0 saturated heterocycles. The SMILES string of the molecule is Cc1cc(C)n(C)c(=O)c1C(=O)Nc1ncc(Cc2cccc(Cl)c2Cl)s1. The minimum Gasteiger partial charge on any atom is -0.315 e. The first-order valence-corrected chi connectivity index (χ1v) is 9.71. The number of halogens is 2. The lowest BCUT2D eigenvalue weighted by Gasteiger charge is -2.09. The van der Waals surface area contributed by atoms with Gasteiger partial charge in [0, 0.05) is 30.2 Å². The van der Waals surface area contributed by atoms with Crippen molar-refractivity contribution in [2.45, 2.75) is 20.3 Å². The molecule has 0 unspecified atom stereocenters. The summed E-state index contributed by atoms with van der Waals surface area (Å²) >= 11 is 13.6. The number of amides is 1. The molecule has 0 bridgehead atoms. The van der Waals surface area contributed by atoms with Crippen molar-refractivity contribution in [1.29, 1.82) is 0 Å². The summed E-state index contributed by atoms with van der Waals surface area (Å²) in [6, 6.07) is 7.27. The smallest absolute Gasteiger partial charge is 0.263 e. The topological polar surface area (TPSA) is 64.0 Å². The van der Waals surface area contributed by atoms with E-state index in [1.807, 2.05) is 25.1 Å². The highest BCUT2D eigenvalue weighted by Crippen LogP contribution is 2.29. The van der Waals surface area contributed by atoms with Gasteiger partial charge in [-0.05, 0) is 37.1 Å². The van der Waals surface area contributed by atoms with Crippen molar-refractivity contribution >= 4 is 45.6 Å². The third kappa shape index (κ3) is 4.08. The zero-order valence-corrected chi connectivity index (χ0v) is 17.3. The highest BCUT2D eigenvalue weighted by molar-refractivity contribution is 7.15. The maximum absolute atomic E-state index is 12.6. The van der Waals surface area contributed by atoms with Crippen LogP contribution in [0.15, 0.2) is 35.3 Å². The van der Waals surface area contributed by atoms with E-state index in [9.17, 15) is 9.59 Å². The lowest BCUT2D eigenvalue weighted by molar-refractivity contribution is 0.102. The maximum Gasteiger partial charge on any atom is 0.263 e. The van der Waals surface area contributed by atoms with E-state index in [0.29, 0.717) is 27.2 Å². The quantitative estimate of drug-likeness (QED) is 0.668. The van der Waals surface area contributed by atoms with Gasteiger partial charge in [0.05, 0.1) is 10.0 Å². The molecule has 1 amide bonds. The van der Waals surface area contributed by atoms with Crippen molar-refractivity contribution in [3.63, 3.8) is 0 Å². The third-order valence-corrected chi connectivity index (χ3v) is 6.04. The summed E-state index contributed by atoms with van der Waals surface area (Å²) in [5.41, 5.74) is 2.11. The Balaban J connectivity index is 1.80. The van der Waals surface area contributed by atoms with Gasteiger partial charge in [0.15, 0.2) is 5.13 Å². The molecule has 1 N–H and O–H groups in total. The molecule has 5 nitrogen and oxygen atoms in total. The Morgan fingerprint density at radius 3 is 2.78 bits per heavy atom. The summed E-state index contributed by atoms with van der Waals surface area (Å²) in [7, 11) is 1.64. The molecule has 0 saturated carbocycles. The summed E-state index contributed by atoms with van der Waals surface area (Å²) in [4.78, 5) is 30.2. The molecule has 3 rings (SSSR count). The molecule has 0 atom stereocenters. The number of nitrogens with zero attached hydrogens (tertiary/aromatic N) is 2. The fourth-order valence-corrected chi connectivity index (χ4v) is 3.95. The normalized spacial score (nSPS) is 10.9. The van der Waals surface area contributed by atoms with Crippen LogP contribution in [0.5, 0.6) is 0 Å². The molecule has 27 heavy (non-hydrogen) atoms. The van der Waals surface area contributed by atoms with Crippen LogP contribution in [-0.4, -0.2) is 15.5 Å². The van der Waals surface area contributed by atoms with Gasteiger partial charge in [-0.15, -0.1) is 11.3 Å². The fraction of sp³-hybridized carbons (Fsp3) is 0.211. The Morgan fingerprint density at radius 2 is 2.04 bits per heavy atom. The number of carbonyl (C=O) groups is 1. The second-order valence-corrected chi connectivity index (χ2v) is 8.08. The number of nitrogens with one attached hydrogen (secondary N) is 1. The van der Waals surface area contributed by atoms with Crippen LogP contribution in [0.2, 0.25) is 10.0 Å². The molecule has 0 aliphatic heterocycles. The highest BCUT2D eigenvalue weighted by atomic mass is 35.5. The maximum atomic E-state index is 12.6. The highest BCUT2D eigenvalue weighted by Gasteiger charge is 2.18. The van der Waals surface area contributed by atoms with E-state index in [2.05, 4.69) is 10.3 Å². The Hall–Kier alpha value is -2.15. The number of aromatic nitrogens is 2. The molecule has 0 spiro atoms. The van der Waals surface area contributed by atoms with Crippen LogP contribution in [0.1, 0.15) is 32.1 Å². The molecular weight excluding hydrogens is 405 g/mol. The van der Waals surface area contributed by atoms with Crippen molar-refractivity contribution in [1.82, 2.24) is 9.55 Å². The predicted octanol–water partition coefficient (Wildman–Crippen LogP) is 4.61. The third-order valence-electron chi connectivity index (χ3n) is 4.26. The summed E-state index contributed by atoms with van der Waals surface area (Å²) < 4.78 is 1.45. The number of pyridine rings is 1. The van der Waals surface area contributed by atoms with Crippen molar-refractivity contribution in [3.05, 3.63) is 78.1 Å². The van der Waals surface area contributed by atoms with Crippen molar-refractivity contribution in [2.24, 2.45) is 7.05 Å². The van der Waals surface area contributed by atoms with E-state index in [1.54, 1.807) is 26.2 Å². The second kappa shape index (κ2) is 7.84. The molecular formula is C19H17Cl2N3O2S. The van der Waals surface area contributed by atoms with Gasteiger partial charge < -0.3 is 4.57 Å². The van der Waals surface area contributed by atoms with Crippen molar-refractivity contribution < 1.29 is 4.79 Å². The number of thiazole rings is 1. The van der Waals surface area contributed by atoms with Crippen LogP contribution in [0.4, 0.5) is 5.13 Å². The van der Waals surface area contributed by atoms with Crippen LogP contribution in [0, 0.1) is 13.8 Å². The number of carbonyl (C=O) groups excluding carboxylic acids is 1. The number of hydrogen-bond donors (Lipinski definition) is 1. The zero-order chi connectivity index (χ0) is 19.7. The Bertz CT molecular complexity index is 1090. The Labute approximate surface area is 170 Å². The number of aryl methyl sites for hydroxylation is 2. The summed E-state index contributed by atoms with van der Waals surface area (Å²) in [5.74, 6) is -0.463. The van der Waals surface area contributed by atoms with Crippen LogP contribution < -0.4 is 10.9 Å². The first-order chi connectivity index (χ1) is 12.8. The monoisotopic (exact) mass is 421 g/mol. The molecule has 1 aromatic carbocycles. The molecule has 8 heteroatoms. The molecule has 2 heterocycles. The molecule has 0 radical (unpaired) electrons. The first-order valence-electron chi connectivity index (χ1n) is 8.14. The van der Waals surface area contributed by atoms with Gasteiger partial charge in [-0.25, -0.2) is 4.98 Å². The molecule has 0 fully saturated rings. The molecule has 140 valence electrons. The van der Waals surface area contributed by atoms with E-state index in [1.165, 1.54) is 15.9 Å². The van der Waals surface area contributed by atoms with Crippen molar-refractivity contribution in [3.8, 4) is 0 Å². The van der Waals surface area contributed by atoms with Gasteiger partial charge in [-0.3, -0.25) is 14.9 Å². The summed E-state index contributed by atoms with van der Waals surface area (Å²) in [6.45, 7) is 3.57. The molecule has 0 aliphatic rings. The Kier molecular flexibility index (Phi) is 5.69. The van der Waals surface area contributed by atoms with Gasteiger partial charge in [0.2, 0.25) is 0 Å². The largest absolute Gasteiger partial charge is 0.315 e. The molecule has 0 aliphatic carbocycles. The minimum absolute atomic E-state index is 0.123. The van der Waals surface area contributed by atoms with Gasteiger partial charge in [-0.1, -0.05) is 35.3 Å². The van der Waals surface area contributed by atoms with Crippen LogP contribution in [0.25, 0.3) is 0 Å². The number of anilines is 1. The minimum atomic E-state index is -0.463. The second-order valence-electron chi connectivity index (χ2n) is 6.18. The van der Waals surface area contributed by atoms with E-state index >= 15 is 0 Å². The number of benzene rings is 1. The molecule has 3 aromatic rings. The van der Waals surface area contributed by atoms with Crippen LogP contribution >= 0.6 is 34.5 Å². The van der Waals surface area contributed by atoms with Gasteiger partial charge in [0.25, 0.3) is 11.5 Å². The van der Waals surface area contributed by atoms with E-state index < -0.39 is 5.91 Å². The number of hydrogen-bond acceptors (Lipinski definition) is 4. The lowest BCUT2D eigenvalue weighted by atomic mass is 10.1. The van der Waals surface area contributed by atoms with Crippen molar-refractivity contribution in [2.75, 3.05) is 5.32 Å². The van der Waals surface area contributed by atoms with E-state index in [-0.39, 0.29) is 11.1 Å². The number of rotatable bonds is 4. The molecule has 2 aromatic heterocycles. The predicted molar refractivity (Wildman–Crippen MR) is 110 cm³/mol.